The van der Waals surface area contributed by atoms with Crippen molar-refractivity contribution in [2.45, 2.75) is 11.8 Å². The highest BCUT2D eigenvalue weighted by Crippen LogP contribution is 2.38. The summed E-state index contributed by atoms with van der Waals surface area (Å²) in [5.41, 5.74) is 2.33. The highest BCUT2D eigenvalue weighted by molar-refractivity contribution is 7.89. The van der Waals surface area contributed by atoms with Crippen LogP contribution >= 0.6 is 11.3 Å². The number of aryl methyl sites for hydroxylation is 1. The first-order chi connectivity index (χ1) is 13.8. The third-order valence-electron chi connectivity index (χ3n) is 4.74. The van der Waals surface area contributed by atoms with E-state index in [-0.39, 0.29) is 16.1 Å². The van der Waals surface area contributed by atoms with Crippen LogP contribution in [0, 0.1) is 6.92 Å². The number of phenolic OH excluding ortho intramolecular Hbond substituents is 1. The molecule has 146 valence electrons. The van der Waals surface area contributed by atoms with E-state index < -0.39 is 10.0 Å². The van der Waals surface area contributed by atoms with Crippen LogP contribution in [0.25, 0.3) is 31.7 Å². The molecule has 0 fully saturated rings. The fraction of sp³-hybridized carbons (Fsp3) is 0.0455. The van der Waals surface area contributed by atoms with Crippen LogP contribution in [0.3, 0.4) is 0 Å². The molecule has 0 aliphatic heterocycles. The van der Waals surface area contributed by atoms with Crippen LogP contribution < -0.4 is 10.6 Å². The van der Waals surface area contributed by atoms with Gasteiger partial charge in [0, 0.05) is 20.5 Å². The van der Waals surface area contributed by atoms with Crippen molar-refractivity contribution in [3.05, 3.63) is 82.5 Å². The number of nitrogens with two attached hydrogens (primary N) is 1. The van der Waals surface area contributed by atoms with Crippen LogP contribution in [0.4, 0.5) is 0 Å². The highest BCUT2D eigenvalue weighted by Gasteiger charge is 2.17. The van der Waals surface area contributed by atoms with E-state index in [1.165, 1.54) is 23.5 Å². The maximum absolute atomic E-state index is 13.4. The Kier molecular flexibility index (Phi) is 4.74. The Bertz CT molecular complexity index is 1410. The zero-order valence-electron chi connectivity index (χ0n) is 15.4. The summed E-state index contributed by atoms with van der Waals surface area (Å²) in [5.74, 6) is 0.107. The van der Waals surface area contributed by atoms with Crippen LogP contribution in [0.5, 0.6) is 5.75 Å². The van der Waals surface area contributed by atoms with Gasteiger partial charge in [-0.25, -0.2) is 13.6 Å². The van der Waals surface area contributed by atoms with Gasteiger partial charge in [0.1, 0.15) is 5.75 Å². The molecule has 0 saturated carbocycles. The van der Waals surface area contributed by atoms with Gasteiger partial charge in [0.05, 0.1) is 4.90 Å². The van der Waals surface area contributed by atoms with Crippen molar-refractivity contribution in [2.24, 2.45) is 5.14 Å². The first-order valence-corrected chi connectivity index (χ1v) is 11.1. The molecule has 3 N–H and O–H groups in total. The summed E-state index contributed by atoms with van der Waals surface area (Å²) in [7, 11) is -3.81. The molecular formula is C22H17NO4S2. The van der Waals surface area contributed by atoms with Gasteiger partial charge in [-0.2, -0.15) is 0 Å². The van der Waals surface area contributed by atoms with Gasteiger partial charge >= 0.3 is 0 Å². The van der Waals surface area contributed by atoms with Gasteiger partial charge in [0.15, 0.2) is 5.43 Å². The quantitative estimate of drug-likeness (QED) is 0.514. The van der Waals surface area contributed by atoms with Crippen molar-refractivity contribution in [1.82, 2.24) is 0 Å². The average Bonchev–Trinajstić information content (AvgIpc) is 2.70. The van der Waals surface area contributed by atoms with Crippen molar-refractivity contribution in [3.8, 4) is 27.3 Å². The van der Waals surface area contributed by atoms with Crippen molar-refractivity contribution in [3.63, 3.8) is 0 Å². The minimum Gasteiger partial charge on any atom is -0.508 e. The van der Waals surface area contributed by atoms with Crippen molar-refractivity contribution in [2.75, 3.05) is 0 Å². The summed E-state index contributed by atoms with van der Waals surface area (Å²) >= 11 is 1.44. The fourth-order valence-electron chi connectivity index (χ4n) is 3.17. The van der Waals surface area contributed by atoms with E-state index in [1.807, 2.05) is 18.2 Å². The zero-order valence-corrected chi connectivity index (χ0v) is 17.0. The van der Waals surface area contributed by atoms with Gasteiger partial charge in [-0.05, 0) is 53.9 Å². The molecule has 5 nitrogen and oxygen atoms in total. The maximum atomic E-state index is 13.4. The lowest BCUT2D eigenvalue weighted by Crippen LogP contribution is -2.11. The van der Waals surface area contributed by atoms with Crippen LogP contribution in [-0.2, 0) is 10.0 Å². The van der Waals surface area contributed by atoms with Crippen LogP contribution in [-0.4, -0.2) is 13.5 Å². The van der Waals surface area contributed by atoms with Gasteiger partial charge in [-0.15, -0.1) is 11.3 Å². The predicted octanol–water partition coefficient (Wildman–Crippen LogP) is 4.26. The molecule has 4 aromatic rings. The molecule has 7 heteroatoms. The van der Waals surface area contributed by atoms with Crippen molar-refractivity contribution in [1.29, 1.82) is 0 Å². The summed E-state index contributed by atoms with van der Waals surface area (Å²) in [6.07, 6.45) is 0. The molecule has 29 heavy (non-hydrogen) atoms. The zero-order chi connectivity index (χ0) is 20.8. The molecule has 1 heterocycles. The van der Waals surface area contributed by atoms with Gasteiger partial charge in [-0.3, -0.25) is 4.79 Å². The standard InChI is InChI=1S/C22H17NO4S2/c1-13-6-7-15(12-18(13)24)20-21(25)17-4-2-3-5-19(17)28-22(20)14-8-10-16(11-9-14)29(23,26)27/h2-12,24H,1H3,(H2,23,26,27). The second-order valence-electron chi connectivity index (χ2n) is 6.70. The number of hydrogen-bond acceptors (Lipinski definition) is 5. The lowest BCUT2D eigenvalue weighted by atomic mass is 9.99. The highest BCUT2D eigenvalue weighted by atomic mass is 32.2. The third-order valence-corrected chi connectivity index (χ3v) is 6.89. The molecule has 0 radical (unpaired) electrons. The van der Waals surface area contributed by atoms with E-state index >= 15 is 0 Å². The number of hydrogen-bond donors (Lipinski definition) is 2. The minimum absolute atomic E-state index is 0.00363. The maximum Gasteiger partial charge on any atom is 0.238 e. The smallest absolute Gasteiger partial charge is 0.238 e. The Morgan fingerprint density at radius 3 is 2.24 bits per heavy atom. The SMILES string of the molecule is Cc1ccc(-c2c(-c3ccc(S(N)(=O)=O)cc3)sc3ccccc3c2=O)cc1O. The van der Waals surface area contributed by atoms with Gasteiger partial charge in [0.2, 0.25) is 10.0 Å². The van der Waals surface area contributed by atoms with Crippen molar-refractivity contribution >= 4 is 31.4 Å². The molecule has 1 aromatic heterocycles. The van der Waals surface area contributed by atoms with E-state index in [2.05, 4.69) is 0 Å². The summed E-state index contributed by atoms with van der Waals surface area (Å²) in [6.45, 7) is 1.78. The van der Waals surface area contributed by atoms with Gasteiger partial charge in [-0.1, -0.05) is 36.4 Å². The fourth-order valence-corrected chi connectivity index (χ4v) is 4.89. The summed E-state index contributed by atoms with van der Waals surface area (Å²) < 4.78 is 24.0. The first-order valence-electron chi connectivity index (χ1n) is 8.75. The van der Waals surface area contributed by atoms with Gasteiger partial charge in [0.25, 0.3) is 0 Å². The Morgan fingerprint density at radius 2 is 1.59 bits per heavy atom. The minimum atomic E-state index is -3.81. The van der Waals surface area contributed by atoms with Crippen LogP contribution in [0.1, 0.15) is 5.56 Å². The average molecular weight is 424 g/mol. The summed E-state index contributed by atoms with van der Waals surface area (Å²) in [6, 6.07) is 18.6. The number of rotatable bonds is 3. The lowest BCUT2D eigenvalue weighted by Gasteiger charge is -2.12. The molecule has 3 aromatic carbocycles. The first kappa shape index (κ1) is 19.3. The number of primary sulfonamides is 1. The number of benzene rings is 3. The largest absolute Gasteiger partial charge is 0.508 e. The molecule has 4 rings (SSSR count). The molecule has 0 unspecified atom stereocenters. The van der Waals surface area contributed by atoms with E-state index in [0.29, 0.717) is 32.5 Å². The Balaban J connectivity index is 2.04. The second-order valence-corrected chi connectivity index (χ2v) is 9.32. The number of fused-ring (bicyclic) bond motifs is 1. The van der Waals surface area contributed by atoms with E-state index in [1.54, 1.807) is 43.3 Å². The molecule has 0 aliphatic carbocycles. The molecule has 0 aliphatic rings. The van der Waals surface area contributed by atoms with E-state index in [0.717, 1.165) is 4.70 Å². The normalized spacial score (nSPS) is 11.7. The Labute approximate surface area is 171 Å². The number of aromatic hydroxyl groups is 1. The van der Waals surface area contributed by atoms with E-state index in [9.17, 15) is 18.3 Å². The topological polar surface area (TPSA) is 97.5 Å². The summed E-state index contributed by atoms with van der Waals surface area (Å²) in [5, 5.41) is 16.0. The molecular weight excluding hydrogens is 406 g/mol. The third kappa shape index (κ3) is 3.55. The number of phenols is 1. The summed E-state index contributed by atoms with van der Waals surface area (Å²) in [4.78, 5) is 14.1. The number of sulfonamides is 1. The molecule has 0 bridgehead atoms. The van der Waals surface area contributed by atoms with Crippen LogP contribution in [0.15, 0.2) is 76.4 Å². The monoisotopic (exact) mass is 423 g/mol. The van der Waals surface area contributed by atoms with Crippen molar-refractivity contribution < 1.29 is 13.5 Å². The second kappa shape index (κ2) is 7.11. The predicted molar refractivity (Wildman–Crippen MR) is 117 cm³/mol. The molecule has 0 amide bonds. The van der Waals surface area contributed by atoms with Crippen LogP contribution in [0.2, 0.25) is 0 Å². The Morgan fingerprint density at radius 1 is 0.931 bits per heavy atom. The molecule has 0 atom stereocenters. The lowest BCUT2D eigenvalue weighted by molar-refractivity contribution is 0.471. The molecule has 0 saturated heterocycles. The Hall–Kier alpha value is -3.00. The molecule has 0 spiro atoms. The van der Waals surface area contributed by atoms with Gasteiger partial charge < -0.3 is 5.11 Å². The van der Waals surface area contributed by atoms with E-state index in [4.69, 9.17) is 5.14 Å².